The molecule has 0 spiro atoms. The molecule has 0 radical (unpaired) electrons. The van der Waals surface area contributed by atoms with Crippen LogP contribution >= 0.6 is 23.6 Å². The van der Waals surface area contributed by atoms with Crippen molar-refractivity contribution in [1.29, 1.82) is 0 Å². The summed E-state index contributed by atoms with van der Waals surface area (Å²) in [6, 6.07) is 2.47. The predicted octanol–water partition coefficient (Wildman–Crippen LogP) is 2.54. The number of aromatic nitrogens is 2. The lowest BCUT2D eigenvalue weighted by Crippen LogP contribution is -2.50. The molecule has 0 saturated carbocycles. The number of rotatable bonds is 4. The van der Waals surface area contributed by atoms with Crippen molar-refractivity contribution in [1.82, 2.24) is 9.97 Å². The van der Waals surface area contributed by atoms with Crippen LogP contribution in [0, 0.1) is 0 Å². The van der Waals surface area contributed by atoms with E-state index in [1.807, 2.05) is 12.3 Å². The van der Waals surface area contributed by atoms with Crippen LogP contribution in [0.1, 0.15) is 19.5 Å². The molecule has 0 unspecified atom stereocenters. The number of halogens is 1. The molecule has 1 aromatic rings. The van der Waals surface area contributed by atoms with Gasteiger partial charge >= 0.3 is 0 Å². The average Bonchev–Trinajstić information content (AvgIpc) is 2.35. The van der Waals surface area contributed by atoms with Gasteiger partial charge in [0.15, 0.2) is 0 Å². The fourth-order valence-electron chi connectivity index (χ4n) is 2.23. The van der Waals surface area contributed by atoms with Crippen LogP contribution in [0.15, 0.2) is 6.07 Å². The summed E-state index contributed by atoms with van der Waals surface area (Å²) in [4.78, 5) is 10.7. The number of ether oxygens (including phenoxy) is 1. The third kappa shape index (κ3) is 3.72. The molecular weight excluding hydrogens is 286 g/mol. The molecule has 1 fully saturated rings. The zero-order chi connectivity index (χ0) is 13.8. The lowest BCUT2D eigenvalue weighted by atomic mass is 10.1. The zero-order valence-electron chi connectivity index (χ0n) is 11.3. The van der Waals surface area contributed by atoms with E-state index in [1.54, 1.807) is 0 Å². The number of hydrogen-bond donors (Lipinski definition) is 0. The van der Waals surface area contributed by atoms with Crippen LogP contribution in [0.3, 0.4) is 0 Å². The van der Waals surface area contributed by atoms with Crippen LogP contribution in [0.25, 0.3) is 0 Å². The largest absolute Gasteiger partial charge is 0.377 e. The fourth-order valence-corrected chi connectivity index (χ4v) is 2.67. The van der Waals surface area contributed by atoms with Gasteiger partial charge in [-0.1, -0.05) is 0 Å². The van der Waals surface area contributed by atoms with Gasteiger partial charge < -0.3 is 13.8 Å². The SMILES string of the molecule is CSOCc1cc(N2[C@@H](C)COC[C@@H]2C)nc(Cl)n1. The van der Waals surface area contributed by atoms with E-state index in [2.05, 4.69) is 28.7 Å². The van der Waals surface area contributed by atoms with Gasteiger partial charge in [-0.05, 0) is 37.5 Å². The van der Waals surface area contributed by atoms with Crippen molar-refractivity contribution in [2.24, 2.45) is 0 Å². The van der Waals surface area contributed by atoms with Gasteiger partial charge in [-0.15, -0.1) is 0 Å². The number of morpholine rings is 1. The lowest BCUT2D eigenvalue weighted by Gasteiger charge is -2.39. The molecule has 2 heterocycles. The maximum Gasteiger partial charge on any atom is 0.224 e. The molecule has 0 bridgehead atoms. The second kappa shape index (κ2) is 6.74. The second-order valence-corrected chi connectivity index (χ2v) is 5.47. The highest BCUT2D eigenvalue weighted by molar-refractivity contribution is 7.93. The molecule has 1 saturated heterocycles. The van der Waals surface area contributed by atoms with Gasteiger partial charge in [0.05, 0.1) is 31.0 Å². The van der Waals surface area contributed by atoms with Crippen LogP contribution in [-0.4, -0.2) is 41.5 Å². The second-order valence-electron chi connectivity index (χ2n) is 4.56. The van der Waals surface area contributed by atoms with E-state index in [4.69, 9.17) is 20.5 Å². The van der Waals surface area contributed by atoms with Crippen LogP contribution in [-0.2, 0) is 15.5 Å². The van der Waals surface area contributed by atoms with Gasteiger partial charge in [0.25, 0.3) is 0 Å². The first-order valence-corrected chi connectivity index (χ1v) is 7.69. The first-order valence-electron chi connectivity index (χ1n) is 6.17. The molecule has 5 nitrogen and oxygen atoms in total. The predicted molar refractivity (Wildman–Crippen MR) is 77.6 cm³/mol. The van der Waals surface area contributed by atoms with Crippen LogP contribution < -0.4 is 4.90 Å². The van der Waals surface area contributed by atoms with Crippen LogP contribution in [0.5, 0.6) is 0 Å². The quantitative estimate of drug-likeness (QED) is 0.629. The van der Waals surface area contributed by atoms with Crippen molar-refractivity contribution < 1.29 is 8.92 Å². The molecule has 1 aliphatic heterocycles. The minimum atomic E-state index is 0.253. The summed E-state index contributed by atoms with van der Waals surface area (Å²) in [5.41, 5.74) is 0.787. The molecule has 106 valence electrons. The van der Waals surface area contributed by atoms with Gasteiger partial charge in [0, 0.05) is 12.3 Å². The summed E-state index contributed by atoms with van der Waals surface area (Å²) in [6.07, 6.45) is 1.87. The van der Waals surface area contributed by atoms with E-state index in [-0.39, 0.29) is 17.4 Å². The molecule has 0 amide bonds. The Morgan fingerprint density at radius 1 is 1.42 bits per heavy atom. The van der Waals surface area contributed by atoms with Gasteiger partial charge in [-0.2, -0.15) is 0 Å². The summed E-state index contributed by atoms with van der Waals surface area (Å²) in [5, 5.41) is 0.253. The Morgan fingerprint density at radius 2 is 2.11 bits per heavy atom. The average molecular weight is 304 g/mol. The summed E-state index contributed by atoms with van der Waals surface area (Å²) in [5.74, 6) is 0.836. The number of nitrogens with zero attached hydrogens (tertiary/aromatic N) is 3. The lowest BCUT2D eigenvalue weighted by molar-refractivity contribution is 0.0752. The summed E-state index contributed by atoms with van der Waals surface area (Å²) < 4.78 is 10.8. The van der Waals surface area contributed by atoms with Crippen molar-refractivity contribution in [2.75, 3.05) is 24.4 Å². The molecule has 0 aliphatic carbocycles. The maximum atomic E-state index is 6.00. The van der Waals surface area contributed by atoms with Crippen molar-refractivity contribution >= 4 is 29.5 Å². The Morgan fingerprint density at radius 3 is 2.74 bits per heavy atom. The standard InChI is InChI=1S/C12H18ClN3O2S/c1-8-5-17-6-9(2)16(8)11-4-10(7-18-19-3)14-12(13)15-11/h4,8-9H,5-7H2,1-3H3/t8-,9-/m0/s1. The molecule has 2 rings (SSSR count). The Labute approximate surface area is 122 Å². The highest BCUT2D eigenvalue weighted by atomic mass is 35.5. The van der Waals surface area contributed by atoms with Gasteiger partial charge in [-0.25, -0.2) is 9.97 Å². The van der Waals surface area contributed by atoms with Gasteiger partial charge in [-0.3, -0.25) is 0 Å². The molecule has 19 heavy (non-hydrogen) atoms. The smallest absolute Gasteiger partial charge is 0.224 e. The number of hydrogen-bond acceptors (Lipinski definition) is 6. The Balaban J connectivity index is 2.24. The maximum absolute atomic E-state index is 6.00. The van der Waals surface area contributed by atoms with E-state index >= 15 is 0 Å². The molecule has 0 N–H and O–H groups in total. The zero-order valence-corrected chi connectivity index (χ0v) is 12.9. The van der Waals surface area contributed by atoms with Crippen molar-refractivity contribution in [3.05, 3.63) is 17.0 Å². The van der Waals surface area contributed by atoms with E-state index in [0.29, 0.717) is 19.8 Å². The highest BCUT2D eigenvalue weighted by Crippen LogP contribution is 2.24. The van der Waals surface area contributed by atoms with Gasteiger partial charge in [0.2, 0.25) is 5.28 Å². The minimum absolute atomic E-state index is 0.253. The normalized spacial score (nSPS) is 23.7. The molecule has 2 atom stereocenters. The molecular formula is C12H18ClN3O2S. The highest BCUT2D eigenvalue weighted by Gasteiger charge is 2.27. The Kier molecular flexibility index (Phi) is 5.27. The van der Waals surface area contributed by atoms with E-state index < -0.39 is 0 Å². The topological polar surface area (TPSA) is 47.5 Å². The number of anilines is 1. The Hall–Kier alpha value is -0.560. The van der Waals surface area contributed by atoms with Crippen LogP contribution in [0.2, 0.25) is 5.28 Å². The first-order chi connectivity index (χ1) is 9.11. The van der Waals surface area contributed by atoms with Crippen molar-refractivity contribution in [2.45, 2.75) is 32.5 Å². The summed E-state index contributed by atoms with van der Waals surface area (Å²) in [6.45, 7) is 6.04. The van der Waals surface area contributed by atoms with Crippen molar-refractivity contribution in [3.8, 4) is 0 Å². The monoisotopic (exact) mass is 303 g/mol. The fraction of sp³-hybridized carbons (Fsp3) is 0.667. The third-order valence-corrected chi connectivity index (χ3v) is 3.52. The molecule has 0 aromatic carbocycles. The van der Waals surface area contributed by atoms with E-state index in [9.17, 15) is 0 Å². The Bertz CT molecular complexity index is 425. The van der Waals surface area contributed by atoms with Crippen molar-refractivity contribution in [3.63, 3.8) is 0 Å². The summed E-state index contributed by atoms with van der Waals surface area (Å²) in [7, 11) is 0. The molecule has 1 aromatic heterocycles. The van der Waals surface area contributed by atoms with E-state index in [0.717, 1.165) is 11.5 Å². The minimum Gasteiger partial charge on any atom is -0.377 e. The van der Waals surface area contributed by atoms with Crippen LogP contribution in [0.4, 0.5) is 5.82 Å². The molecule has 7 heteroatoms. The third-order valence-electron chi connectivity index (χ3n) is 3.00. The molecule has 1 aliphatic rings. The van der Waals surface area contributed by atoms with E-state index in [1.165, 1.54) is 12.0 Å². The summed E-state index contributed by atoms with van der Waals surface area (Å²) >= 11 is 7.31. The van der Waals surface area contributed by atoms with Gasteiger partial charge in [0.1, 0.15) is 12.4 Å². The first kappa shape index (κ1) is 14.8.